The first-order chi connectivity index (χ1) is 7.04. The number of benzene rings is 1. The molecule has 1 aromatic carbocycles. The molecule has 0 unspecified atom stereocenters. The second-order valence-corrected chi connectivity index (χ2v) is 5.62. The van der Waals surface area contributed by atoms with Crippen LogP contribution in [-0.2, 0) is 16.7 Å². The van der Waals surface area contributed by atoms with Crippen molar-refractivity contribution in [2.24, 2.45) is 0 Å². The highest BCUT2D eigenvalue weighted by Gasteiger charge is 2.23. The largest absolute Gasteiger partial charge is 0.739 e. The zero-order chi connectivity index (χ0) is 11.1. The summed E-state index contributed by atoms with van der Waals surface area (Å²) in [6.45, 7) is 2.29. The molecule has 4 nitrogen and oxygen atoms in total. The first kappa shape index (κ1) is 10.5. The Morgan fingerprint density at radius 2 is 2.07 bits per heavy atom. The fourth-order valence-corrected chi connectivity index (χ4v) is 3.63. The SMILES string of the molecule is CC[n+]1c(S(=O)(=O)[O-])sc2ccccc21. The predicted octanol–water partition coefficient (Wildman–Crippen LogP) is 1.11. The molecule has 2 rings (SSSR count). The van der Waals surface area contributed by atoms with Gasteiger partial charge in [-0.15, -0.1) is 0 Å². The zero-order valence-electron chi connectivity index (χ0n) is 8.00. The van der Waals surface area contributed by atoms with E-state index in [9.17, 15) is 13.0 Å². The molecule has 0 fully saturated rings. The van der Waals surface area contributed by atoms with Crippen LogP contribution in [0.1, 0.15) is 6.92 Å². The quantitative estimate of drug-likeness (QED) is 0.586. The fraction of sp³-hybridized carbons (Fsp3) is 0.222. The van der Waals surface area contributed by atoms with Crippen molar-refractivity contribution in [3.63, 3.8) is 0 Å². The summed E-state index contributed by atoms with van der Waals surface area (Å²) in [7, 11) is -4.38. The number of para-hydroxylation sites is 1. The second kappa shape index (κ2) is 3.55. The van der Waals surface area contributed by atoms with Gasteiger partial charge in [0.15, 0.2) is 10.1 Å². The van der Waals surface area contributed by atoms with Crippen molar-refractivity contribution >= 4 is 31.7 Å². The van der Waals surface area contributed by atoms with Crippen molar-refractivity contribution in [2.45, 2.75) is 17.8 Å². The molecule has 0 atom stereocenters. The Morgan fingerprint density at radius 1 is 1.40 bits per heavy atom. The predicted molar refractivity (Wildman–Crippen MR) is 55.7 cm³/mol. The van der Waals surface area contributed by atoms with Crippen LogP contribution in [0.15, 0.2) is 28.6 Å². The topological polar surface area (TPSA) is 61.1 Å². The summed E-state index contributed by atoms with van der Waals surface area (Å²) in [6, 6.07) is 7.26. The van der Waals surface area contributed by atoms with Crippen molar-refractivity contribution < 1.29 is 17.5 Å². The summed E-state index contributed by atoms with van der Waals surface area (Å²) in [5.74, 6) is 0. The smallest absolute Gasteiger partial charge is 0.343 e. The Labute approximate surface area is 91.5 Å². The molecule has 0 radical (unpaired) electrons. The molecule has 0 aliphatic heterocycles. The van der Waals surface area contributed by atoms with Gasteiger partial charge in [-0.1, -0.05) is 23.5 Å². The van der Waals surface area contributed by atoms with E-state index in [1.54, 1.807) is 6.07 Å². The highest BCUT2D eigenvalue weighted by Crippen LogP contribution is 2.22. The molecule has 80 valence electrons. The molecule has 0 aliphatic carbocycles. The van der Waals surface area contributed by atoms with E-state index in [0.717, 1.165) is 21.6 Å². The Bertz CT molecular complexity index is 601. The molecular weight excluding hydrogens is 234 g/mol. The standard InChI is InChI=1S/C9H9NO3S2/c1-2-10-7-5-3-4-6-8(7)14-9(10)15(11,12)13/h3-6H,2H2,1H3. The van der Waals surface area contributed by atoms with E-state index in [0.29, 0.717) is 6.54 Å². The van der Waals surface area contributed by atoms with Crippen molar-refractivity contribution in [1.29, 1.82) is 0 Å². The molecule has 6 heteroatoms. The Hall–Kier alpha value is -0.980. The highest BCUT2D eigenvalue weighted by atomic mass is 32.3. The average molecular weight is 243 g/mol. The Kier molecular flexibility index (Phi) is 2.49. The van der Waals surface area contributed by atoms with E-state index >= 15 is 0 Å². The monoisotopic (exact) mass is 243 g/mol. The van der Waals surface area contributed by atoms with E-state index in [-0.39, 0.29) is 4.34 Å². The van der Waals surface area contributed by atoms with Crippen LogP contribution >= 0.6 is 11.3 Å². The van der Waals surface area contributed by atoms with Gasteiger partial charge in [-0.3, -0.25) is 0 Å². The van der Waals surface area contributed by atoms with Gasteiger partial charge in [0.05, 0.1) is 0 Å². The number of thiazole rings is 1. The maximum Gasteiger partial charge on any atom is 0.343 e. The van der Waals surface area contributed by atoms with Gasteiger partial charge in [-0.2, -0.15) is 4.57 Å². The third-order valence-electron chi connectivity index (χ3n) is 2.10. The van der Waals surface area contributed by atoms with Crippen LogP contribution < -0.4 is 4.57 Å². The Morgan fingerprint density at radius 3 is 2.67 bits per heavy atom. The summed E-state index contributed by atoms with van der Waals surface area (Å²) in [5.41, 5.74) is 0.791. The first-order valence-electron chi connectivity index (χ1n) is 4.41. The molecule has 0 amide bonds. The molecule has 0 spiro atoms. The van der Waals surface area contributed by atoms with Gasteiger partial charge in [0, 0.05) is 6.07 Å². The summed E-state index contributed by atoms with van der Waals surface area (Å²) in [6.07, 6.45) is 0. The lowest BCUT2D eigenvalue weighted by atomic mass is 10.3. The van der Waals surface area contributed by atoms with Gasteiger partial charge in [0.25, 0.3) is 0 Å². The number of fused-ring (bicyclic) bond motifs is 1. The van der Waals surface area contributed by atoms with E-state index in [1.807, 2.05) is 25.1 Å². The molecule has 0 saturated heterocycles. The summed E-state index contributed by atoms with van der Waals surface area (Å²) in [4.78, 5) is 0. The van der Waals surface area contributed by atoms with Crippen LogP contribution in [0.25, 0.3) is 10.2 Å². The molecule has 0 saturated carbocycles. The fourth-order valence-electron chi connectivity index (χ4n) is 1.50. The third-order valence-corrected chi connectivity index (χ3v) is 4.57. The van der Waals surface area contributed by atoms with E-state index < -0.39 is 10.1 Å². The zero-order valence-corrected chi connectivity index (χ0v) is 9.64. The molecule has 15 heavy (non-hydrogen) atoms. The first-order valence-corrected chi connectivity index (χ1v) is 6.64. The Balaban J connectivity index is 2.87. The highest BCUT2D eigenvalue weighted by molar-refractivity contribution is 7.87. The van der Waals surface area contributed by atoms with Crippen molar-refractivity contribution in [1.82, 2.24) is 0 Å². The molecule has 0 N–H and O–H groups in total. The van der Waals surface area contributed by atoms with Crippen LogP contribution in [0.3, 0.4) is 0 Å². The minimum Gasteiger partial charge on any atom is -0.739 e. The van der Waals surface area contributed by atoms with Crippen LogP contribution in [0.4, 0.5) is 0 Å². The van der Waals surface area contributed by atoms with Crippen LogP contribution in [-0.4, -0.2) is 13.0 Å². The minimum absolute atomic E-state index is 0.119. The van der Waals surface area contributed by atoms with Crippen LogP contribution in [0.2, 0.25) is 0 Å². The minimum atomic E-state index is -4.38. The number of nitrogens with zero attached hydrogens (tertiary/aromatic N) is 1. The second-order valence-electron chi connectivity index (χ2n) is 3.03. The van der Waals surface area contributed by atoms with Gasteiger partial charge in [0.2, 0.25) is 5.52 Å². The summed E-state index contributed by atoms with van der Waals surface area (Å²) >= 11 is 1.02. The molecule has 0 aliphatic rings. The molecule has 1 heterocycles. The van der Waals surface area contributed by atoms with Gasteiger partial charge in [-0.05, 0) is 13.0 Å². The lowest BCUT2D eigenvalue weighted by Gasteiger charge is -2.00. The third kappa shape index (κ3) is 1.75. The summed E-state index contributed by atoms with van der Waals surface area (Å²) < 4.78 is 35.3. The lowest BCUT2D eigenvalue weighted by molar-refractivity contribution is -0.700. The molecular formula is C9H9NO3S2. The van der Waals surface area contributed by atoms with Gasteiger partial charge in [0.1, 0.15) is 11.2 Å². The number of aryl methyl sites for hydroxylation is 1. The maximum absolute atomic E-state index is 11.0. The summed E-state index contributed by atoms with van der Waals surface area (Å²) in [5, 5.41) is 0. The van der Waals surface area contributed by atoms with E-state index in [2.05, 4.69) is 0 Å². The van der Waals surface area contributed by atoms with Crippen LogP contribution in [0, 0.1) is 0 Å². The number of hydrogen-bond donors (Lipinski definition) is 0. The number of aromatic nitrogens is 1. The van der Waals surface area contributed by atoms with Gasteiger partial charge < -0.3 is 4.55 Å². The number of hydrogen-bond acceptors (Lipinski definition) is 4. The van der Waals surface area contributed by atoms with E-state index in [1.165, 1.54) is 4.57 Å². The van der Waals surface area contributed by atoms with Crippen molar-refractivity contribution in [2.75, 3.05) is 0 Å². The normalized spacial score (nSPS) is 12.1. The van der Waals surface area contributed by atoms with Crippen molar-refractivity contribution in [3.8, 4) is 0 Å². The van der Waals surface area contributed by atoms with Crippen LogP contribution in [0.5, 0.6) is 0 Å². The number of rotatable bonds is 2. The maximum atomic E-state index is 11.0. The van der Waals surface area contributed by atoms with Gasteiger partial charge >= 0.3 is 4.34 Å². The average Bonchev–Trinajstić information content (AvgIpc) is 2.55. The molecule has 0 bridgehead atoms. The van der Waals surface area contributed by atoms with Gasteiger partial charge in [-0.25, -0.2) is 8.42 Å². The lowest BCUT2D eigenvalue weighted by Crippen LogP contribution is -2.36. The molecule has 1 aromatic heterocycles. The van der Waals surface area contributed by atoms with E-state index in [4.69, 9.17) is 0 Å². The van der Waals surface area contributed by atoms with Crippen molar-refractivity contribution in [3.05, 3.63) is 24.3 Å². The molecule has 2 aromatic rings.